The summed E-state index contributed by atoms with van der Waals surface area (Å²) in [6.07, 6.45) is 1.31. The first kappa shape index (κ1) is 14.1. The molecule has 0 saturated heterocycles. The highest BCUT2D eigenvalue weighted by Gasteiger charge is 2.18. The molecule has 0 fully saturated rings. The number of rotatable bonds is 2. The van der Waals surface area contributed by atoms with E-state index in [0.717, 1.165) is 0 Å². The van der Waals surface area contributed by atoms with Crippen molar-refractivity contribution in [2.75, 3.05) is 0 Å². The number of benzene rings is 1. The molecular weight excluding hydrogens is 286 g/mol. The zero-order valence-corrected chi connectivity index (χ0v) is 12.0. The SMILES string of the molecule is CCn1cc(C(=O)O)c(=O)c2c3oc(C)cc(=O)c3ccc21. The van der Waals surface area contributed by atoms with Gasteiger partial charge in [-0.1, -0.05) is 0 Å². The molecule has 0 amide bonds. The first-order valence-electron chi connectivity index (χ1n) is 6.78. The number of aromatic carboxylic acids is 1. The summed E-state index contributed by atoms with van der Waals surface area (Å²) in [6.45, 7) is 3.93. The van der Waals surface area contributed by atoms with Crippen molar-refractivity contribution in [2.24, 2.45) is 0 Å². The summed E-state index contributed by atoms with van der Waals surface area (Å²) >= 11 is 0. The number of carboxylic acids is 1. The minimum absolute atomic E-state index is 0.125. The molecule has 0 radical (unpaired) electrons. The second kappa shape index (κ2) is 4.84. The Hall–Kier alpha value is -2.89. The van der Waals surface area contributed by atoms with Gasteiger partial charge in [0.25, 0.3) is 0 Å². The third kappa shape index (κ3) is 1.92. The maximum Gasteiger partial charge on any atom is 0.341 e. The normalized spacial score (nSPS) is 11.2. The number of fused-ring (bicyclic) bond motifs is 3. The molecule has 6 heteroatoms. The van der Waals surface area contributed by atoms with Crippen LogP contribution in [0.25, 0.3) is 21.9 Å². The standard InChI is InChI=1S/C16H13NO5/c1-3-17-7-10(16(20)21)14(19)13-11(17)5-4-9-12(18)6-8(2)22-15(9)13/h4-7H,3H2,1-2H3,(H,20,21). The molecule has 0 bridgehead atoms. The van der Waals surface area contributed by atoms with Gasteiger partial charge in [-0.05, 0) is 26.0 Å². The molecule has 3 aromatic rings. The first-order chi connectivity index (χ1) is 10.4. The fourth-order valence-electron chi connectivity index (χ4n) is 2.62. The van der Waals surface area contributed by atoms with Gasteiger partial charge >= 0.3 is 5.97 Å². The Morgan fingerprint density at radius 2 is 2.05 bits per heavy atom. The number of aromatic nitrogens is 1. The molecule has 3 rings (SSSR count). The van der Waals surface area contributed by atoms with E-state index < -0.39 is 11.4 Å². The summed E-state index contributed by atoms with van der Waals surface area (Å²) in [7, 11) is 0. The highest BCUT2D eigenvalue weighted by molar-refractivity contribution is 6.04. The van der Waals surface area contributed by atoms with Crippen LogP contribution < -0.4 is 10.9 Å². The second-order valence-electron chi connectivity index (χ2n) is 5.02. The smallest absolute Gasteiger partial charge is 0.341 e. The van der Waals surface area contributed by atoms with Gasteiger partial charge in [0.2, 0.25) is 5.43 Å². The van der Waals surface area contributed by atoms with Crippen molar-refractivity contribution in [3.63, 3.8) is 0 Å². The Labute approximate surface area is 124 Å². The van der Waals surface area contributed by atoms with E-state index in [0.29, 0.717) is 17.8 Å². The predicted molar refractivity (Wildman–Crippen MR) is 81.6 cm³/mol. The Morgan fingerprint density at radius 1 is 1.32 bits per heavy atom. The number of carboxylic acid groups (broad SMARTS) is 1. The van der Waals surface area contributed by atoms with Crippen molar-refractivity contribution in [3.8, 4) is 0 Å². The molecule has 0 saturated carbocycles. The third-order valence-corrected chi connectivity index (χ3v) is 3.64. The van der Waals surface area contributed by atoms with E-state index in [1.165, 1.54) is 12.3 Å². The maximum atomic E-state index is 12.5. The largest absolute Gasteiger partial charge is 0.477 e. The number of aryl methyl sites for hydroxylation is 2. The first-order valence-corrected chi connectivity index (χ1v) is 6.78. The van der Waals surface area contributed by atoms with E-state index in [4.69, 9.17) is 4.42 Å². The van der Waals surface area contributed by atoms with Crippen molar-refractivity contribution in [2.45, 2.75) is 20.4 Å². The van der Waals surface area contributed by atoms with Crippen molar-refractivity contribution < 1.29 is 14.3 Å². The lowest BCUT2D eigenvalue weighted by Gasteiger charge is -2.11. The van der Waals surface area contributed by atoms with Crippen LogP contribution >= 0.6 is 0 Å². The van der Waals surface area contributed by atoms with Gasteiger partial charge in [-0.25, -0.2) is 4.79 Å². The molecule has 0 atom stereocenters. The van der Waals surface area contributed by atoms with Crippen LogP contribution in [0.1, 0.15) is 23.0 Å². The molecular formula is C16H13NO5. The van der Waals surface area contributed by atoms with Crippen LogP contribution in [-0.2, 0) is 6.54 Å². The minimum atomic E-state index is -1.30. The molecule has 2 heterocycles. The molecule has 0 aliphatic rings. The fourth-order valence-corrected chi connectivity index (χ4v) is 2.62. The molecule has 0 aliphatic carbocycles. The van der Waals surface area contributed by atoms with Gasteiger partial charge < -0.3 is 14.1 Å². The number of hydrogen-bond acceptors (Lipinski definition) is 4. The summed E-state index contributed by atoms with van der Waals surface area (Å²) in [5, 5.41) is 9.61. The van der Waals surface area contributed by atoms with E-state index in [2.05, 4.69) is 0 Å². The average molecular weight is 299 g/mol. The number of hydrogen-bond donors (Lipinski definition) is 1. The van der Waals surface area contributed by atoms with E-state index in [-0.39, 0.29) is 27.3 Å². The third-order valence-electron chi connectivity index (χ3n) is 3.64. The quantitative estimate of drug-likeness (QED) is 0.732. The van der Waals surface area contributed by atoms with Crippen LogP contribution in [0.15, 0.2) is 38.4 Å². The second-order valence-corrected chi connectivity index (χ2v) is 5.02. The van der Waals surface area contributed by atoms with Crippen LogP contribution in [0.5, 0.6) is 0 Å². The van der Waals surface area contributed by atoms with Gasteiger partial charge in [0, 0.05) is 18.8 Å². The van der Waals surface area contributed by atoms with Gasteiger partial charge in [-0.2, -0.15) is 0 Å². The Kier molecular flexibility index (Phi) is 3.09. The lowest BCUT2D eigenvalue weighted by atomic mass is 10.1. The Morgan fingerprint density at radius 3 is 2.68 bits per heavy atom. The van der Waals surface area contributed by atoms with E-state index in [1.807, 2.05) is 6.92 Å². The highest BCUT2D eigenvalue weighted by Crippen LogP contribution is 2.22. The molecule has 22 heavy (non-hydrogen) atoms. The number of nitrogens with zero attached hydrogens (tertiary/aromatic N) is 1. The van der Waals surface area contributed by atoms with Crippen molar-refractivity contribution in [3.05, 3.63) is 56.2 Å². The van der Waals surface area contributed by atoms with E-state index in [9.17, 15) is 19.5 Å². The summed E-state index contributed by atoms with van der Waals surface area (Å²) in [4.78, 5) is 35.9. The predicted octanol–water partition coefficient (Wildman–Crippen LogP) is 2.13. The van der Waals surface area contributed by atoms with Crippen LogP contribution in [0.3, 0.4) is 0 Å². The van der Waals surface area contributed by atoms with Crippen LogP contribution in [-0.4, -0.2) is 15.6 Å². The molecule has 0 unspecified atom stereocenters. The van der Waals surface area contributed by atoms with Crippen LogP contribution in [0.4, 0.5) is 0 Å². The fraction of sp³-hybridized carbons (Fsp3) is 0.188. The molecule has 1 aromatic carbocycles. The topological polar surface area (TPSA) is 89.5 Å². The molecule has 2 aromatic heterocycles. The van der Waals surface area contributed by atoms with Gasteiger partial charge in [0.15, 0.2) is 11.0 Å². The van der Waals surface area contributed by atoms with Crippen molar-refractivity contribution >= 4 is 27.8 Å². The van der Waals surface area contributed by atoms with Gasteiger partial charge in [0.1, 0.15) is 11.3 Å². The monoisotopic (exact) mass is 299 g/mol. The zero-order chi connectivity index (χ0) is 16.0. The van der Waals surface area contributed by atoms with Gasteiger partial charge in [-0.3, -0.25) is 9.59 Å². The number of carbonyl (C=O) groups is 1. The van der Waals surface area contributed by atoms with E-state index >= 15 is 0 Å². The van der Waals surface area contributed by atoms with E-state index in [1.54, 1.807) is 23.6 Å². The van der Waals surface area contributed by atoms with Crippen molar-refractivity contribution in [1.29, 1.82) is 0 Å². The van der Waals surface area contributed by atoms with Gasteiger partial charge in [0.05, 0.1) is 16.3 Å². The summed E-state index contributed by atoms with van der Waals surface area (Å²) in [5.41, 5.74) is -0.571. The van der Waals surface area contributed by atoms with Crippen LogP contribution in [0, 0.1) is 6.92 Å². The minimum Gasteiger partial charge on any atom is -0.477 e. The van der Waals surface area contributed by atoms with Crippen molar-refractivity contribution in [1.82, 2.24) is 4.57 Å². The molecule has 0 spiro atoms. The van der Waals surface area contributed by atoms with Gasteiger partial charge in [-0.15, -0.1) is 0 Å². The molecule has 0 aliphatic heterocycles. The lowest BCUT2D eigenvalue weighted by Crippen LogP contribution is -2.19. The molecule has 1 N–H and O–H groups in total. The summed E-state index contributed by atoms with van der Waals surface area (Å²) in [6, 6.07) is 4.57. The average Bonchev–Trinajstić information content (AvgIpc) is 2.46. The molecule has 6 nitrogen and oxygen atoms in total. The zero-order valence-electron chi connectivity index (χ0n) is 12.0. The Bertz CT molecular complexity index is 1040. The summed E-state index contributed by atoms with van der Waals surface area (Å²) < 4.78 is 7.22. The summed E-state index contributed by atoms with van der Waals surface area (Å²) in [5.74, 6) is -0.936. The Balaban J connectivity index is 2.68. The number of pyridine rings is 1. The molecule has 112 valence electrons. The lowest BCUT2D eigenvalue weighted by molar-refractivity contribution is 0.0695. The highest BCUT2D eigenvalue weighted by atomic mass is 16.4. The maximum absolute atomic E-state index is 12.5. The van der Waals surface area contributed by atoms with Crippen LogP contribution in [0.2, 0.25) is 0 Å².